The van der Waals surface area contributed by atoms with Crippen LogP contribution < -0.4 is 5.32 Å². The minimum atomic E-state index is 0.362. The lowest BCUT2D eigenvalue weighted by atomic mass is 9.92. The van der Waals surface area contributed by atoms with Crippen molar-refractivity contribution in [1.82, 2.24) is 9.80 Å². The minimum absolute atomic E-state index is 0.362. The highest BCUT2D eigenvalue weighted by molar-refractivity contribution is 5.76. The van der Waals surface area contributed by atoms with Crippen LogP contribution in [0.25, 0.3) is 0 Å². The summed E-state index contributed by atoms with van der Waals surface area (Å²) in [6.07, 6.45) is 5.31. The Balaban J connectivity index is 1.49. The number of benzene rings is 1. The third-order valence-electron chi connectivity index (χ3n) is 6.02. The smallest absolute Gasteiger partial charge is 0.222 e. The van der Waals surface area contributed by atoms with E-state index in [1.165, 1.54) is 24.1 Å². The number of rotatable bonds is 5. The first kappa shape index (κ1) is 19.2. The molecule has 1 aromatic rings. The Bertz CT molecular complexity index is 576. The van der Waals surface area contributed by atoms with E-state index in [-0.39, 0.29) is 0 Å². The van der Waals surface area contributed by atoms with Gasteiger partial charge in [-0.1, -0.05) is 26.0 Å². The molecule has 1 unspecified atom stereocenters. The molecule has 26 heavy (non-hydrogen) atoms. The molecule has 1 aromatic carbocycles. The van der Waals surface area contributed by atoms with Gasteiger partial charge in [0.15, 0.2) is 0 Å². The highest BCUT2D eigenvalue weighted by Gasteiger charge is 2.26. The molecule has 0 saturated carbocycles. The summed E-state index contributed by atoms with van der Waals surface area (Å²) in [4.78, 5) is 17.2. The molecule has 2 aliphatic rings. The van der Waals surface area contributed by atoms with E-state index in [1.54, 1.807) is 0 Å². The van der Waals surface area contributed by atoms with E-state index in [0.29, 0.717) is 23.8 Å². The molecule has 3 rings (SSSR count). The second-order valence-electron chi connectivity index (χ2n) is 8.55. The monoisotopic (exact) mass is 357 g/mol. The molecule has 4 heteroatoms. The number of hydrogen-bond donors (Lipinski definition) is 1. The van der Waals surface area contributed by atoms with Gasteiger partial charge in [-0.25, -0.2) is 0 Å². The SMILES string of the molecule is CC(C)c1ccc(NC2CCCN(C(=O)CC3CCN(C)CC3)C2)cc1. The second kappa shape index (κ2) is 8.90. The van der Waals surface area contributed by atoms with Crippen LogP contribution in [0.15, 0.2) is 24.3 Å². The van der Waals surface area contributed by atoms with Gasteiger partial charge in [-0.15, -0.1) is 0 Å². The first-order chi connectivity index (χ1) is 12.5. The number of anilines is 1. The average molecular weight is 358 g/mol. The fourth-order valence-electron chi connectivity index (χ4n) is 4.16. The molecular formula is C22H35N3O. The van der Waals surface area contributed by atoms with Crippen molar-refractivity contribution in [3.63, 3.8) is 0 Å². The Morgan fingerprint density at radius 3 is 2.46 bits per heavy atom. The summed E-state index contributed by atoms with van der Waals surface area (Å²) in [7, 11) is 2.17. The molecule has 2 saturated heterocycles. The Hall–Kier alpha value is -1.55. The summed E-state index contributed by atoms with van der Waals surface area (Å²) < 4.78 is 0. The molecule has 2 fully saturated rings. The maximum atomic E-state index is 12.7. The van der Waals surface area contributed by atoms with Crippen molar-refractivity contribution in [1.29, 1.82) is 0 Å². The van der Waals surface area contributed by atoms with Crippen molar-refractivity contribution in [2.45, 2.75) is 57.9 Å². The van der Waals surface area contributed by atoms with Gasteiger partial charge >= 0.3 is 0 Å². The zero-order valence-corrected chi connectivity index (χ0v) is 16.7. The highest BCUT2D eigenvalue weighted by Crippen LogP contribution is 2.23. The van der Waals surface area contributed by atoms with Crippen LogP contribution >= 0.6 is 0 Å². The molecule has 0 spiro atoms. The Morgan fingerprint density at radius 1 is 1.12 bits per heavy atom. The Morgan fingerprint density at radius 2 is 1.81 bits per heavy atom. The summed E-state index contributed by atoms with van der Waals surface area (Å²) in [5.41, 5.74) is 2.54. The van der Waals surface area contributed by atoms with Gasteiger partial charge < -0.3 is 15.1 Å². The van der Waals surface area contributed by atoms with Gasteiger partial charge in [0.1, 0.15) is 0 Å². The zero-order chi connectivity index (χ0) is 18.5. The maximum Gasteiger partial charge on any atom is 0.222 e. The van der Waals surface area contributed by atoms with Crippen LogP contribution in [-0.2, 0) is 4.79 Å². The molecular weight excluding hydrogens is 322 g/mol. The van der Waals surface area contributed by atoms with E-state index in [0.717, 1.165) is 45.4 Å². The molecule has 2 heterocycles. The molecule has 0 aromatic heterocycles. The Labute approximate surface area is 158 Å². The summed E-state index contributed by atoms with van der Waals surface area (Å²) >= 11 is 0. The van der Waals surface area contributed by atoms with Crippen molar-refractivity contribution in [3.8, 4) is 0 Å². The fraction of sp³-hybridized carbons (Fsp3) is 0.682. The maximum absolute atomic E-state index is 12.7. The van der Waals surface area contributed by atoms with Crippen LogP contribution in [0, 0.1) is 5.92 Å². The average Bonchev–Trinajstić information content (AvgIpc) is 2.64. The van der Waals surface area contributed by atoms with Gasteiger partial charge in [-0.3, -0.25) is 4.79 Å². The standard InChI is InChI=1S/C22H35N3O/c1-17(2)19-6-8-20(9-7-19)23-21-5-4-12-25(16-21)22(26)15-18-10-13-24(3)14-11-18/h6-9,17-18,21,23H,4-5,10-16H2,1-3H3. The lowest BCUT2D eigenvalue weighted by Crippen LogP contribution is -2.46. The van der Waals surface area contributed by atoms with E-state index in [9.17, 15) is 4.79 Å². The molecule has 4 nitrogen and oxygen atoms in total. The van der Waals surface area contributed by atoms with Crippen molar-refractivity contribution in [2.75, 3.05) is 38.5 Å². The third-order valence-corrected chi connectivity index (χ3v) is 6.02. The fourth-order valence-corrected chi connectivity index (χ4v) is 4.16. The van der Waals surface area contributed by atoms with Crippen LogP contribution in [0.3, 0.4) is 0 Å². The number of likely N-dealkylation sites (tertiary alicyclic amines) is 2. The molecule has 1 amide bonds. The molecule has 0 aliphatic carbocycles. The predicted molar refractivity (Wildman–Crippen MR) is 109 cm³/mol. The lowest BCUT2D eigenvalue weighted by molar-refractivity contribution is -0.133. The lowest BCUT2D eigenvalue weighted by Gasteiger charge is -2.35. The summed E-state index contributed by atoms with van der Waals surface area (Å²) in [5.74, 6) is 1.50. The van der Waals surface area contributed by atoms with Crippen LogP contribution in [0.4, 0.5) is 5.69 Å². The van der Waals surface area contributed by atoms with Crippen molar-refractivity contribution < 1.29 is 4.79 Å². The molecule has 2 aliphatic heterocycles. The predicted octanol–water partition coefficient (Wildman–Crippen LogP) is 3.94. The zero-order valence-electron chi connectivity index (χ0n) is 16.7. The molecule has 1 N–H and O–H groups in total. The molecule has 0 bridgehead atoms. The van der Waals surface area contributed by atoms with Crippen molar-refractivity contribution >= 4 is 11.6 Å². The van der Waals surface area contributed by atoms with E-state index < -0.39 is 0 Å². The number of hydrogen-bond acceptors (Lipinski definition) is 3. The first-order valence-electron chi connectivity index (χ1n) is 10.3. The van der Waals surface area contributed by atoms with Gasteiger partial charge in [-0.2, -0.15) is 0 Å². The van der Waals surface area contributed by atoms with Crippen LogP contribution in [-0.4, -0.2) is 55.0 Å². The minimum Gasteiger partial charge on any atom is -0.381 e. The van der Waals surface area contributed by atoms with Crippen molar-refractivity contribution in [2.24, 2.45) is 5.92 Å². The van der Waals surface area contributed by atoms with E-state index in [2.05, 4.69) is 60.3 Å². The summed E-state index contributed by atoms with van der Waals surface area (Å²) in [6.45, 7) is 8.48. The Kier molecular flexibility index (Phi) is 6.58. The van der Waals surface area contributed by atoms with Crippen LogP contribution in [0.1, 0.15) is 57.4 Å². The topological polar surface area (TPSA) is 35.6 Å². The summed E-state index contributed by atoms with van der Waals surface area (Å²) in [6, 6.07) is 9.14. The number of nitrogens with zero attached hydrogens (tertiary/aromatic N) is 2. The van der Waals surface area contributed by atoms with E-state index >= 15 is 0 Å². The largest absolute Gasteiger partial charge is 0.381 e. The van der Waals surface area contributed by atoms with E-state index in [1.807, 2.05) is 0 Å². The molecule has 144 valence electrons. The van der Waals surface area contributed by atoms with E-state index in [4.69, 9.17) is 0 Å². The van der Waals surface area contributed by atoms with Crippen LogP contribution in [0.5, 0.6) is 0 Å². The number of carbonyl (C=O) groups excluding carboxylic acids is 1. The number of carbonyl (C=O) groups is 1. The normalized spacial score (nSPS) is 22.6. The van der Waals surface area contributed by atoms with Gasteiger partial charge in [0.25, 0.3) is 0 Å². The van der Waals surface area contributed by atoms with Gasteiger partial charge in [0.05, 0.1) is 0 Å². The van der Waals surface area contributed by atoms with Gasteiger partial charge in [0.2, 0.25) is 5.91 Å². The van der Waals surface area contributed by atoms with Crippen LogP contribution in [0.2, 0.25) is 0 Å². The third kappa shape index (κ3) is 5.23. The number of piperidine rings is 2. The molecule has 1 atom stereocenters. The highest BCUT2D eigenvalue weighted by atomic mass is 16.2. The number of nitrogens with one attached hydrogen (secondary N) is 1. The van der Waals surface area contributed by atoms with Crippen molar-refractivity contribution in [3.05, 3.63) is 29.8 Å². The van der Waals surface area contributed by atoms with Gasteiger partial charge in [-0.05, 0) is 75.4 Å². The first-order valence-corrected chi connectivity index (χ1v) is 10.3. The molecule has 0 radical (unpaired) electrons. The number of amides is 1. The quantitative estimate of drug-likeness (QED) is 0.867. The second-order valence-corrected chi connectivity index (χ2v) is 8.55. The van der Waals surface area contributed by atoms with Gasteiger partial charge in [0, 0.05) is 31.2 Å². The summed E-state index contributed by atoms with van der Waals surface area (Å²) in [5, 5.41) is 3.64.